The standard InChI is InChI=1S/C29H32FN3O2S/c1-20-6-8-22(9-7-20)29(35)33-16-15-32(19-21(33)2)27(34)11-14-31-13-10-26-25(12-17-36-26)28(31)23-4-3-5-24(30)18-23/h3-9,12,17-18,21,28H,10-11,13-16,19H2,1-2H3/t21-,28-/m1/s1. The van der Waals surface area contributed by atoms with E-state index in [9.17, 15) is 14.0 Å². The van der Waals surface area contributed by atoms with E-state index in [0.717, 1.165) is 24.1 Å². The Kier molecular flexibility index (Phi) is 7.21. The number of piperazine rings is 1. The molecule has 5 rings (SSSR count). The van der Waals surface area contributed by atoms with Crippen molar-refractivity contribution in [3.05, 3.63) is 92.9 Å². The van der Waals surface area contributed by atoms with Gasteiger partial charge >= 0.3 is 0 Å². The van der Waals surface area contributed by atoms with Crippen LogP contribution in [0.5, 0.6) is 0 Å². The maximum absolute atomic E-state index is 14.1. The van der Waals surface area contributed by atoms with Gasteiger partial charge in [0.05, 0.1) is 6.04 Å². The first-order valence-corrected chi connectivity index (χ1v) is 13.5. The molecule has 36 heavy (non-hydrogen) atoms. The fraction of sp³-hybridized carbons (Fsp3) is 0.379. The van der Waals surface area contributed by atoms with Gasteiger partial charge in [-0.15, -0.1) is 11.3 Å². The highest BCUT2D eigenvalue weighted by Gasteiger charge is 2.33. The van der Waals surface area contributed by atoms with E-state index in [-0.39, 0.29) is 29.7 Å². The van der Waals surface area contributed by atoms with Gasteiger partial charge in [0.15, 0.2) is 0 Å². The summed E-state index contributed by atoms with van der Waals surface area (Å²) in [6.45, 7) is 7.09. The quantitative estimate of drug-likeness (QED) is 0.495. The number of hydrogen-bond acceptors (Lipinski definition) is 4. The average Bonchev–Trinajstić information content (AvgIpc) is 3.36. The lowest BCUT2D eigenvalue weighted by atomic mass is 9.93. The van der Waals surface area contributed by atoms with Gasteiger partial charge in [0.1, 0.15) is 5.82 Å². The van der Waals surface area contributed by atoms with E-state index < -0.39 is 0 Å². The minimum Gasteiger partial charge on any atom is -0.339 e. The molecule has 2 aliphatic rings. The SMILES string of the molecule is Cc1ccc(C(=O)N2CCN(C(=O)CCN3CCc4sccc4[C@H]3c3cccc(F)c3)C[C@H]2C)cc1. The van der Waals surface area contributed by atoms with Gasteiger partial charge in [0, 0.05) is 55.6 Å². The van der Waals surface area contributed by atoms with Crippen molar-refractivity contribution in [1.82, 2.24) is 14.7 Å². The van der Waals surface area contributed by atoms with E-state index in [0.29, 0.717) is 38.2 Å². The van der Waals surface area contributed by atoms with Crippen molar-refractivity contribution in [2.24, 2.45) is 0 Å². The Morgan fingerprint density at radius 3 is 2.61 bits per heavy atom. The Bertz CT molecular complexity index is 1240. The summed E-state index contributed by atoms with van der Waals surface area (Å²) in [6.07, 6.45) is 1.35. The smallest absolute Gasteiger partial charge is 0.254 e. The van der Waals surface area contributed by atoms with Gasteiger partial charge in [0.25, 0.3) is 5.91 Å². The van der Waals surface area contributed by atoms with Gasteiger partial charge in [-0.2, -0.15) is 0 Å². The van der Waals surface area contributed by atoms with Gasteiger partial charge in [-0.05, 0) is 67.1 Å². The number of hydrogen-bond donors (Lipinski definition) is 0. The van der Waals surface area contributed by atoms with Crippen molar-refractivity contribution < 1.29 is 14.0 Å². The molecule has 0 unspecified atom stereocenters. The number of carbonyl (C=O) groups is 2. The van der Waals surface area contributed by atoms with Crippen molar-refractivity contribution in [3.63, 3.8) is 0 Å². The monoisotopic (exact) mass is 505 g/mol. The second-order valence-corrected chi connectivity index (χ2v) is 10.8. The highest BCUT2D eigenvalue weighted by atomic mass is 32.1. The summed E-state index contributed by atoms with van der Waals surface area (Å²) in [7, 11) is 0. The number of amides is 2. The Balaban J connectivity index is 1.22. The molecular formula is C29H32FN3O2S. The lowest BCUT2D eigenvalue weighted by Gasteiger charge is -2.41. The predicted molar refractivity (Wildman–Crippen MR) is 141 cm³/mol. The minimum atomic E-state index is -0.238. The fourth-order valence-corrected chi connectivity index (χ4v) is 6.33. The molecule has 7 heteroatoms. The molecule has 1 aromatic heterocycles. The van der Waals surface area contributed by atoms with Crippen LogP contribution in [0.4, 0.5) is 4.39 Å². The van der Waals surface area contributed by atoms with Crippen LogP contribution < -0.4 is 0 Å². The first-order chi connectivity index (χ1) is 17.4. The van der Waals surface area contributed by atoms with E-state index >= 15 is 0 Å². The number of thiophene rings is 1. The Hall–Kier alpha value is -3.03. The van der Waals surface area contributed by atoms with Gasteiger partial charge in [0.2, 0.25) is 5.91 Å². The van der Waals surface area contributed by atoms with Gasteiger partial charge in [-0.25, -0.2) is 4.39 Å². The van der Waals surface area contributed by atoms with Gasteiger partial charge < -0.3 is 9.80 Å². The van der Waals surface area contributed by atoms with Crippen molar-refractivity contribution in [2.75, 3.05) is 32.7 Å². The largest absolute Gasteiger partial charge is 0.339 e. The van der Waals surface area contributed by atoms with Crippen LogP contribution in [0.2, 0.25) is 0 Å². The van der Waals surface area contributed by atoms with Crippen LogP contribution in [-0.4, -0.2) is 65.3 Å². The van der Waals surface area contributed by atoms with E-state index in [1.807, 2.05) is 54.0 Å². The molecule has 0 N–H and O–H groups in total. The molecule has 5 nitrogen and oxygen atoms in total. The molecular weight excluding hydrogens is 473 g/mol. The summed E-state index contributed by atoms with van der Waals surface area (Å²) < 4.78 is 14.1. The lowest BCUT2D eigenvalue weighted by molar-refractivity contribution is -0.134. The second kappa shape index (κ2) is 10.5. The number of fused-ring (bicyclic) bond motifs is 1. The van der Waals surface area contributed by atoms with Crippen molar-refractivity contribution in [1.29, 1.82) is 0 Å². The molecule has 2 aromatic carbocycles. The van der Waals surface area contributed by atoms with Crippen LogP contribution in [0.3, 0.4) is 0 Å². The molecule has 188 valence electrons. The topological polar surface area (TPSA) is 43.9 Å². The summed E-state index contributed by atoms with van der Waals surface area (Å²) in [5, 5.41) is 2.10. The summed E-state index contributed by atoms with van der Waals surface area (Å²) in [4.78, 5) is 33.6. The fourth-order valence-electron chi connectivity index (χ4n) is 5.42. The van der Waals surface area contributed by atoms with Crippen LogP contribution in [0.25, 0.3) is 0 Å². The van der Waals surface area contributed by atoms with Crippen LogP contribution >= 0.6 is 11.3 Å². The van der Waals surface area contributed by atoms with E-state index in [4.69, 9.17) is 0 Å². The second-order valence-electron chi connectivity index (χ2n) is 9.85. The summed E-state index contributed by atoms with van der Waals surface area (Å²) in [5.74, 6) is -0.108. The number of aryl methyl sites for hydroxylation is 1. The number of nitrogens with zero attached hydrogens (tertiary/aromatic N) is 3. The number of halogens is 1. The molecule has 0 aliphatic carbocycles. The molecule has 2 amide bonds. The maximum atomic E-state index is 14.1. The van der Waals surface area contributed by atoms with E-state index in [1.54, 1.807) is 23.5 Å². The van der Waals surface area contributed by atoms with Crippen LogP contribution in [0.1, 0.15) is 51.3 Å². The first-order valence-electron chi connectivity index (χ1n) is 12.6. The minimum absolute atomic E-state index is 0.0208. The molecule has 2 aliphatic heterocycles. The van der Waals surface area contributed by atoms with Gasteiger partial charge in [-0.1, -0.05) is 29.8 Å². The third-order valence-electron chi connectivity index (χ3n) is 7.38. The number of carbonyl (C=O) groups excluding carboxylic acids is 2. The molecule has 2 atom stereocenters. The molecule has 3 aromatic rings. The number of benzene rings is 2. The summed E-state index contributed by atoms with van der Waals surface area (Å²) in [6, 6.07) is 16.5. The first kappa shape index (κ1) is 24.7. The molecule has 0 radical (unpaired) electrons. The molecule has 0 spiro atoms. The summed E-state index contributed by atoms with van der Waals surface area (Å²) >= 11 is 1.75. The number of rotatable bonds is 5. The zero-order chi connectivity index (χ0) is 25.2. The lowest BCUT2D eigenvalue weighted by Crippen LogP contribution is -2.55. The van der Waals surface area contributed by atoms with Crippen molar-refractivity contribution in [2.45, 2.75) is 38.8 Å². The van der Waals surface area contributed by atoms with Crippen LogP contribution in [0.15, 0.2) is 60.0 Å². The Labute approximate surface area is 216 Å². The molecule has 0 saturated carbocycles. The van der Waals surface area contributed by atoms with Crippen LogP contribution in [0, 0.1) is 12.7 Å². The van der Waals surface area contributed by atoms with Crippen molar-refractivity contribution in [3.8, 4) is 0 Å². The highest BCUT2D eigenvalue weighted by molar-refractivity contribution is 7.10. The van der Waals surface area contributed by atoms with E-state index in [1.165, 1.54) is 16.5 Å². The average molecular weight is 506 g/mol. The third-order valence-corrected chi connectivity index (χ3v) is 8.38. The summed E-state index contributed by atoms with van der Waals surface area (Å²) in [5.41, 5.74) is 3.96. The van der Waals surface area contributed by atoms with Gasteiger partial charge in [-0.3, -0.25) is 14.5 Å². The maximum Gasteiger partial charge on any atom is 0.254 e. The van der Waals surface area contributed by atoms with Crippen molar-refractivity contribution >= 4 is 23.2 Å². The molecule has 1 saturated heterocycles. The predicted octanol–water partition coefficient (Wildman–Crippen LogP) is 4.91. The molecule has 0 bridgehead atoms. The van der Waals surface area contributed by atoms with E-state index in [2.05, 4.69) is 16.3 Å². The third kappa shape index (κ3) is 5.08. The molecule has 1 fully saturated rings. The Morgan fingerprint density at radius 2 is 1.86 bits per heavy atom. The van der Waals surface area contributed by atoms with Crippen LogP contribution in [-0.2, 0) is 11.2 Å². The Morgan fingerprint density at radius 1 is 1.06 bits per heavy atom. The zero-order valence-corrected chi connectivity index (χ0v) is 21.6. The normalized spacial score (nSPS) is 20.3. The zero-order valence-electron chi connectivity index (χ0n) is 20.8. The highest BCUT2D eigenvalue weighted by Crippen LogP contribution is 2.38. The molecule has 3 heterocycles.